The molecule has 2 N–H and O–H groups in total. The first-order valence-electron chi connectivity index (χ1n) is 5.28. The van der Waals surface area contributed by atoms with E-state index in [4.69, 9.17) is 5.11 Å². The summed E-state index contributed by atoms with van der Waals surface area (Å²) < 4.78 is 1.07. The zero-order valence-corrected chi connectivity index (χ0v) is 10.2. The first-order valence-corrected chi connectivity index (χ1v) is 6.16. The fraction of sp³-hybridized carbons (Fsp3) is 0.455. The molecule has 0 saturated heterocycles. The van der Waals surface area contributed by atoms with Crippen LogP contribution in [0.2, 0.25) is 0 Å². The van der Waals surface area contributed by atoms with Gasteiger partial charge < -0.3 is 10.4 Å². The molecule has 0 bridgehead atoms. The van der Waals surface area contributed by atoms with Crippen molar-refractivity contribution in [2.24, 2.45) is 5.92 Å². The van der Waals surface area contributed by atoms with Crippen LogP contribution >= 0.6 is 11.3 Å². The van der Waals surface area contributed by atoms with Crippen LogP contribution in [-0.4, -0.2) is 27.7 Å². The number of hydrogen-bond donors (Lipinski definition) is 2. The van der Waals surface area contributed by atoms with Gasteiger partial charge in [-0.05, 0) is 24.3 Å². The second kappa shape index (κ2) is 4.76. The predicted octanol–water partition coefficient (Wildman–Crippen LogP) is 2.12. The first kappa shape index (κ1) is 11.3. The Bertz CT molecular complexity index is 471. The maximum absolute atomic E-state index is 9.09. The smallest absolute Gasteiger partial charge is 0.147 e. The first-order chi connectivity index (χ1) is 7.72. The Balaban J connectivity index is 2.23. The lowest BCUT2D eigenvalue weighted by atomic mass is 10.1. The molecule has 0 amide bonds. The Labute approximate surface area is 98.4 Å². The van der Waals surface area contributed by atoms with Gasteiger partial charge in [-0.1, -0.05) is 6.92 Å². The number of thiophene rings is 1. The van der Waals surface area contributed by atoms with Crippen molar-refractivity contribution in [2.75, 3.05) is 11.9 Å². The van der Waals surface area contributed by atoms with Gasteiger partial charge >= 0.3 is 0 Å². The van der Waals surface area contributed by atoms with Gasteiger partial charge in [0.1, 0.15) is 12.1 Å². The molecule has 2 heterocycles. The van der Waals surface area contributed by atoms with Crippen LogP contribution in [0.3, 0.4) is 0 Å². The number of fused-ring (bicyclic) bond motifs is 1. The summed E-state index contributed by atoms with van der Waals surface area (Å²) in [7, 11) is 0. The second-order valence-electron chi connectivity index (χ2n) is 3.95. The minimum Gasteiger partial charge on any atom is -0.396 e. The Morgan fingerprint density at radius 1 is 1.44 bits per heavy atom. The molecule has 2 atom stereocenters. The minimum atomic E-state index is 0.173. The van der Waals surface area contributed by atoms with Crippen molar-refractivity contribution >= 4 is 27.4 Å². The number of rotatable bonds is 4. The molecule has 0 aromatic carbocycles. The summed E-state index contributed by atoms with van der Waals surface area (Å²) in [5.74, 6) is 1.05. The topological polar surface area (TPSA) is 58.0 Å². The van der Waals surface area contributed by atoms with Crippen LogP contribution in [0, 0.1) is 5.92 Å². The largest absolute Gasteiger partial charge is 0.396 e. The molecular formula is C11H15N3OS. The number of aliphatic hydroxyl groups excluding tert-OH is 1. The third kappa shape index (κ3) is 2.15. The lowest BCUT2D eigenvalue weighted by Gasteiger charge is -2.19. The summed E-state index contributed by atoms with van der Waals surface area (Å²) >= 11 is 1.63. The predicted molar refractivity (Wildman–Crippen MR) is 66.7 cm³/mol. The molecule has 0 spiro atoms. The molecule has 0 aliphatic rings. The average Bonchev–Trinajstić information content (AvgIpc) is 2.77. The number of nitrogens with one attached hydrogen (secondary N) is 1. The van der Waals surface area contributed by atoms with Crippen LogP contribution in [0.1, 0.15) is 13.8 Å². The molecule has 4 nitrogen and oxygen atoms in total. The van der Waals surface area contributed by atoms with Crippen molar-refractivity contribution in [1.82, 2.24) is 9.97 Å². The third-order valence-electron chi connectivity index (χ3n) is 2.75. The second-order valence-corrected chi connectivity index (χ2v) is 4.87. The number of anilines is 1. The quantitative estimate of drug-likeness (QED) is 0.855. The summed E-state index contributed by atoms with van der Waals surface area (Å²) in [5, 5.41) is 14.4. The highest BCUT2D eigenvalue weighted by Gasteiger charge is 2.13. The van der Waals surface area contributed by atoms with Gasteiger partial charge in [0.05, 0.1) is 10.2 Å². The van der Waals surface area contributed by atoms with Crippen LogP contribution in [0.4, 0.5) is 5.82 Å². The van der Waals surface area contributed by atoms with Gasteiger partial charge in [-0.2, -0.15) is 0 Å². The Morgan fingerprint density at radius 2 is 2.25 bits per heavy atom. The molecular weight excluding hydrogens is 222 g/mol. The van der Waals surface area contributed by atoms with E-state index in [1.54, 1.807) is 17.7 Å². The van der Waals surface area contributed by atoms with E-state index in [1.165, 1.54) is 0 Å². The maximum atomic E-state index is 9.09. The number of nitrogens with zero attached hydrogens (tertiary/aromatic N) is 2. The molecule has 0 saturated carbocycles. The highest BCUT2D eigenvalue weighted by atomic mass is 32.1. The molecule has 0 radical (unpaired) electrons. The number of hydrogen-bond acceptors (Lipinski definition) is 5. The molecule has 5 heteroatoms. The maximum Gasteiger partial charge on any atom is 0.147 e. The molecule has 86 valence electrons. The van der Waals surface area contributed by atoms with E-state index < -0.39 is 0 Å². The monoisotopic (exact) mass is 237 g/mol. The zero-order valence-electron chi connectivity index (χ0n) is 9.34. The van der Waals surface area contributed by atoms with Crippen LogP contribution in [-0.2, 0) is 0 Å². The molecule has 0 aliphatic carbocycles. The van der Waals surface area contributed by atoms with Crippen molar-refractivity contribution in [1.29, 1.82) is 0 Å². The minimum absolute atomic E-state index is 0.173. The Morgan fingerprint density at radius 3 is 3.00 bits per heavy atom. The molecule has 2 unspecified atom stereocenters. The van der Waals surface area contributed by atoms with Crippen molar-refractivity contribution in [3.8, 4) is 0 Å². The summed E-state index contributed by atoms with van der Waals surface area (Å²) in [4.78, 5) is 8.43. The Kier molecular flexibility index (Phi) is 3.36. The third-order valence-corrected chi connectivity index (χ3v) is 3.66. The van der Waals surface area contributed by atoms with E-state index in [-0.39, 0.29) is 18.6 Å². The van der Waals surface area contributed by atoms with Crippen LogP contribution in [0.15, 0.2) is 17.8 Å². The summed E-state index contributed by atoms with van der Waals surface area (Å²) in [6, 6.07) is 2.16. The molecule has 2 rings (SSSR count). The van der Waals surface area contributed by atoms with Crippen LogP contribution < -0.4 is 5.32 Å². The van der Waals surface area contributed by atoms with Gasteiger partial charge in [0.2, 0.25) is 0 Å². The van der Waals surface area contributed by atoms with E-state index in [0.717, 1.165) is 16.0 Å². The highest BCUT2D eigenvalue weighted by molar-refractivity contribution is 7.17. The SMILES string of the molecule is CC(CO)C(C)Nc1ncnc2ccsc12. The lowest BCUT2D eigenvalue weighted by molar-refractivity contribution is 0.226. The highest BCUT2D eigenvalue weighted by Crippen LogP contribution is 2.25. The van der Waals surface area contributed by atoms with Gasteiger partial charge in [0.25, 0.3) is 0 Å². The van der Waals surface area contributed by atoms with Crippen molar-refractivity contribution in [3.63, 3.8) is 0 Å². The van der Waals surface area contributed by atoms with Gasteiger partial charge in [-0.25, -0.2) is 9.97 Å². The molecule has 2 aromatic heterocycles. The van der Waals surface area contributed by atoms with E-state index in [2.05, 4.69) is 15.3 Å². The zero-order chi connectivity index (χ0) is 11.5. The fourth-order valence-electron chi connectivity index (χ4n) is 1.41. The van der Waals surface area contributed by atoms with E-state index in [9.17, 15) is 0 Å². The summed E-state index contributed by atoms with van der Waals surface area (Å²) in [5.41, 5.74) is 0.964. The van der Waals surface area contributed by atoms with Crippen molar-refractivity contribution in [2.45, 2.75) is 19.9 Å². The molecule has 2 aromatic rings. The summed E-state index contributed by atoms with van der Waals surface area (Å²) in [6.07, 6.45) is 1.56. The van der Waals surface area contributed by atoms with Gasteiger partial charge in [-0.15, -0.1) is 11.3 Å². The van der Waals surface area contributed by atoms with E-state index >= 15 is 0 Å². The van der Waals surface area contributed by atoms with Crippen LogP contribution in [0.5, 0.6) is 0 Å². The van der Waals surface area contributed by atoms with Crippen molar-refractivity contribution in [3.05, 3.63) is 17.8 Å². The Hall–Kier alpha value is -1.20. The van der Waals surface area contributed by atoms with Gasteiger partial charge in [0, 0.05) is 12.6 Å². The normalized spacial score (nSPS) is 14.9. The van der Waals surface area contributed by atoms with Gasteiger partial charge in [0.15, 0.2) is 0 Å². The summed E-state index contributed by atoms with van der Waals surface area (Å²) in [6.45, 7) is 4.22. The van der Waals surface area contributed by atoms with Crippen LogP contribution in [0.25, 0.3) is 10.2 Å². The standard InChI is InChI=1S/C11H15N3OS/c1-7(5-15)8(2)14-11-10-9(3-4-16-10)12-6-13-11/h3-4,6-8,15H,5H2,1-2H3,(H,12,13,14). The number of aromatic nitrogens is 2. The van der Waals surface area contributed by atoms with E-state index in [1.807, 2.05) is 25.3 Å². The molecule has 0 aliphatic heterocycles. The fourth-order valence-corrected chi connectivity index (χ4v) is 2.21. The molecule has 0 fully saturated rings. The number of aliphatic hydroxyl groups is 1. The van der Waals surface area contributed by atoms with E-state index in [0.29, 0.717) is 0 Å². The molecule has 16 heavy (non-hydrogen) atoms. The van der Waals surface area contributed by atoms with Crippen molar-refractivity contribution < 1.29 is 5.11 Å². The average molecular weight is 237 g/mol. The lowest BCUT2D eigenvalue weighted by Crippen LogP contribution is -2.26. The van der Waals surface area contributed by atoms with Gasteiger partial charge in [-0.3, -0.25) is 0 Å².